The van der Waals surface area contributed by atoms with Crippen molar-refractivity contribution >= 4 is 17.4 Å². The molecule has 0 aromatic carbocycles. The van der Waals surface area contributed by atoms with Crippen molar-refractivity contribution in [3.63, 3.8) is 0 Å². The van der Waals surface area contributed by atoms with E-state index < -0.39 is 0 Å². The summed E-state index contributed by atoms with van der Waals surface area (Å²) in [6, 6.07) is 0. The van der Waals surface area contributed by atoms with Crippen molar-refractivity contribution in [1.29, 1.82) is 0 Å². The number of hydrogen-bond acceptors (Lipinski definition) is 1. The van der Waals surface area contributed by atoms with Crippen LogP contribution in [0.2, 0.25) is 0 Å². The van der Waals surface area contributed by atoms with Crippen molar-refractivity contribution in [3.8, 4) is 0 Å². The third-order valence-corrected chi connectivity index (χ3v) is 4.67. The van der Waals surface area contributed by atoms with Crippen molar-refractivity contribution in [2.75, 3.05) is 5.88 Å². The van der Waals surface area contributed by atoms with Gasteiger partial charge < -0.3 is 0 Å². The lowest BCUT2D eigenvalue weighted by molar-refractivity contribution is -0.148. The summed E-state index contributed by atoms with van der Waals surface area (Å²) in [6.45, 7) is 4.26. The van der Waals surface area contributed by atoms with Crippen LogP contribution in [0.5, 0.6) is 0 Å². The van der Waals surface area contributed by atoms with Crippen molar-refractivity contribution in [1.82, 2.24) is 0 Å². The van der Waals surface area contributed by atoms with E-state index >= 15 is 0 Å². The van der Waals surface area contributed by atoms with E-state index in [1.54, 1.807) is 0 Å². The molecule has 0 aromatic rings. The van der Waals surface area contributed by atoms with Crippen LogP contribution in [0.25, 0.3) is 0 Å². The van der Waals surface area contributed by atoms with Crippen molar-refractivity contribution in [2.24, 2.45) is 23.2 Å². The van der Waals surface area contributed by atoms with Crippen molar-refractivity contribution in [3.05, 3.63) is 0 Å². The van der Waals surface area contributed by atoms with Crippen LogP contribution < -0.4 is 0 Å². The molecule has 14 heavy (non-hydrogen) atoms. The van der Waals surface area contributed by atoms with Crippen LogP contribution in [0.4, 0.5) is 0 Å². The molecule has 0 saturated heterocycles. The number of carbonyl (C=O) groups excluding carboxylic acids is 1. The maximum absolute atomic E-state index is 12.2. The van der Waals surface area contributed by atoms with Gasteiger partial charge in [0, 0.05) is 17.2 Å². The zero-order chi connectivity index (χ0) is 10.3. The van der Waals surface area contributed by atoms with E-state index in [1.165, 1.54) is 12.8 Å². The lowest BCUT2D eigenvalue weighted by atomic mass is 9.53. The average Bonchev–Trinajstić information content (AvgIpc) is 2.15. The second-order valence-electron chi connectivity index (χ2n) is 5.44. The quantitative estimate of drug-likeness (QED) is 0.645. The van der Waals surface area contributed by atoms with E-state index in [9.17, 15) is 4.79 Å². The Morgan fingerprint density at radius 1 is 1.43 bits per heavy atom. The number of rotatable bonds is 2. The first kappa shape index (κ1) is 10.5. The molecule has 0 amide bonds. The molecule has 0 heterocycles. The van der Waals surface area contributed by atoms with Crippen LogP contribution in [-0.2, 0) is 4.79 Å². The maximum atomic E-state index is 12.2. The van der Waals surface area contributed by atoms with E-state index in [1.807, 2.05) is 0 Å². The Morgan fingerprint density at radius 3 is 2.71 bits per heavy atom. The monoisotopic (exact) mass is 214 g/mol. The molecule has 2 bridgehead atoms. The van der Waals surface area contributed by atoms with Crippen molar-refractivity contribution in [2.45, 2.75) is 39.5 Å². The Kier molecular flexibility index (Phi) is 2.63. The average molecular weight is 215 g/mol. The molecule has 3 saturated carbocycles. The van der Waals surface area contributed by atoms with E-state index in [2.05, 4.69) is 13.8 Å². The van der Waals surface area contributed by atoms with Gasteiger partial charge in [-0.2, -0.15) is 0 Å². The van der Waals surface area contributed by atoms with E-state index in [0.29, 0.717) is 29.4 Å². The minimum atomic E-state index is -0.0499. The zero-order valence-electron chi connectivity index (χ0n) is 9.05. The number of ketones is 1. The van der Waals surface area contributed by atoms with Gasteiger partial charge in [-0.3, -0.25) is 4.79 Å². The van der Waals surface area contributed by atoms with Gasteiger partial charge in [-0.15, -0.1) is 11.6 Å². The molecule has 1 nitrogen and oxygen atoms in total. The van der Waals surface area contributed by atoms with Crippen LogP contribution in [0, 0.1) is 23.2 Å². The standard InChI is InChI=1S/C12H19ClO/c1-12(2)9-3-4-10(11(12)14)8(7-9)5-6-13/h8-10H,3-7H2,1-2H3. The van der Waals surface area contributed by atoms with Gasteiger partial charge in [0.2, 0.25) is 0 Å². The summed E-state index contributed by atoms with van der Waals surface area (Å²) in [5, 5.41) is 0. The Balaban J connectivity index is 2.18. The van der Waals surface area contributed by atoms with Crippen LogP contribution in [0.3, 0.4) is 0 Å². The van der Waals surface area contributed by atoms with E-state index in [-0.39, 0.29) is 5.41 Å². The van der Waals surface area contributed by atoms with Crippen LogP contribution in [-0.4, -0.2) is 11.7 Å². The first-order valence-electron chi connectivity index (χ1n) is 5.67. The molecular formula is C12H19ClO. The number of fused-ring (bicyclic) bond motifs is 3. The fraction of sp³-hybridized carbons (Fsp3) is 0.917. The minimum Gasteiger partial charge on any atom is -0.299 e. The summed E-state index contributed by atoms with van der Waals surface area (Å²) in [4.78, 5) is 12.2. The molecule has 3 rings (SSSR count). The maximum Gasteiger partial charge on any atom is 0.142 e. The number of carbonyl (C=O) groups is 1. The van der Waals surface area contributed by atoms with Gasteiger partial charge in [0.25, 0.3) is 0 Å². The highest BCUT2D eigenvalue weighted by Crippen LogP contribution is 2.53. The Bertz CT molecular complexity index is 247. The van der Waals surface area contributed by atoms with Crippen LogP contribution >= 0.6 is 11.6 Å². The molecule has 3 unspecified atom stereocenters. The Hall–Kier alpha value is -0.0400. The highest BCUT2D eigenvalue weighted by molar-refractivity contribution is 6.17. The zero-order valence-corrected chi connectivity index (χ0v) is 9.81. The summed E-state index contributed by atoms with van der Waals surface area (Å²) < 4.78 is 0. The fourth-order valence-corrected chi connectivity index (χ4v) is 3.68. The number of alkyl halides is 1. The summed E-state index contributed by atoms with van der Waals surface area (Å²) in [5.74, 6) is 2.76. The summed E-state index contributed by atoms with van der Waals surface area (Å²) in [5.41, 5.74) is -0.0499. The van der Waals surface area contributed by atoms with Crippen LogP contribution in [0.15, 0.2) is 0 Å². The predicted octanol–water partition coefficient (Wildman–Crippen LogP) is 3.26. The molecule has 3 aliphatic carbocycles. The number of hydrogen-bond donors (Lipinski definition) is 0. The highest BCUT2D eigenvalue weighted by atomic mass is 35.5. The fourth-order valence-electron chi connectivity index (χ4n) is 3.40. The molecule has 80 valence electrons. The topological polar surface area (TPSA) is 17.1 Å². The molecule has 0 radical (unpaired) electrons. The second kappa shape index (κ2) is 3.52. The Morgan fingerprint density at radius 2 is 2.14 bits per heavy atom. The van der Waals surface area contributed by atoms with Crippen LogP contribution in [0.1, 0.15) is 39.5 Å². The number of halogens is 1. The SMILES string of the molecule is CC1(C)C(=O)C2CCC1CC2CCCl. The first-order valence-corrected chi connectivity index (χ1v) is 6.21. The van der Waals surface area contributed by atoms with Gasteiger partial charge >= 0.3 is 0 Å². The van der Waals surface area contributed by atoms with Gasteiger partial charge in [-0.05, 0) is 37.5 Å². The smallest absolute Gasteiger partial charge is 0.142 e. The van der Waals surface area contributed by atoms with Gasteiger partial charge in [0.15, 0.2) is 0 Å². The molecule has 2 heteroatoms. The highest BCUT2D eigenvalue weighted by Gasteiger charge is 2.51. The lowest BCUT2D eigenvalue weighted by Crippen LogP contribution is -2.50. The largest absolute Gasteiger partial charge is 0.299 e. The molecule has 0 aliphatic heterocycles. The van der Waals surface area contributed by atoms with Gasteiger partial charge in [-0.25, -0.2) is 0 Å². The second-order valence-corrected chi connectivity index (χ2v) is 5.82. The predicted molar refractivity (Wildman–Crippen MR) is 58.4 cm³/mol. The molecule has 3 atom stereocenters. The van der Waals surface area contributed by atoms with Gasteiger partial charge in [0.05, 0.1) is 0 Å². The summed E-state index contributed by atoms with van der Waals surface area (Å²) >= 11 is 5.78. The third kappa shape index (κ3) is 1.41. The molecule has 3 fully saturated rings. The Labute approximate surface area is 91.2 Å². The van der Waals surface area contributed by atoms with Gasteiger partial charge in [-0.1, -0.05) is 13.8 Å². The van der Waals surface area contributed by atoms with Gasteiger partial charge in [0.1, 0.15) is 5.78 Å². The molecule has 0 aromatic heterocycles. The molecule has 0 N–H and O–H groups in total. The third-order valence-electron chi connectivity index (χ3n) is 4.45. The lowest BCUT2D eigenvalue weighted by Gasteiger charge is -2.50. The first-order chi connectivity index (χ1) is 6.57. The summed E-state index contributed by atoms with van der Waals surface area (Å²) in [6.07, 6.45) is 4.64. The van der Waals surface area contributed by atoms with Crippen molar-refractivity contribution < 1.29 is 4.79 Å². The molecular weight excluding hydrogens is 196 g/mol. The summed E-state index contributed by atoms with van der Waals surface area (Å²) in [7, 11) is 0. The molecule has 0 spiro atoms. The van der Waals surface area contributed by atoms with E-state index in [4.69, 9.17) is 11.6 Å². The number of Topliss-reactive ketones (excluding diaryl/α,β-unsaturated/α-hetero) is 1. The minimum absolute atomic E-state index is 0.0499. The normalized spacial score (nSPS) is 40.2. The molecule has 3 aliphatic rings. The van der Waals surface area contributed by atoms with E-state index in [0.717, 1.165) is 12.8 Å².